The molecule has 0 heterocycles. The molecule has 0 aromatic carbocycles. The van der Waals surface area contributed by atoms with Crippen molar-refractivity contribution in [3.63, 3.8) is 0 Å². The maximum Gasteiger partial charge on any atom is 0.0724 e. The van der Waals surface area contributed by atoms with Gasteiger partial charge in [0.25, 0.3) is 0 Å². The molecule has 0 aliphatic heterocycles. The summed E-state index contributed by atoms with van der Waals surface area (Å²) in [7, 11) is 0. The van der Waals surface area contributed by atoms with E-state index in [0.29, 0.717) is 36.0 Å². The van der Waals surface area contributed by atoms with Crippen LogP contribution in [0.25, 0.3) is 0 Å². The molecule has 0 aromatic heterocycles. The number of nitrogens with zero attached hydrogens (tertiary/aromatic N) is 1. The van der Waals surface area contributed by atoms with Crippen LogP contribution in [0.4, 0.5) is 0 Å². The van der Waals surface area contributed by atoms with Gasteiger partial charge in [0.1, 0.15) is 0 Å². The second-order valence-corrected chi connectivity index (χ2v) is 11.4. The molecule has 2 N–H and O–H groups in total. The summed E-state index contributed by atoms with van der Waals surface area (Å²) in [4.78, 5) is 0. The van der Waals surface area contributed by atoms with Gasteiger partial charge in [0.2, 0.25) is 0 Å². The van der Waals surface area contributed by atoms with E-state index in [-0.39, 0.29) is 29.0 Å². The number of rotatable bonds is 4. The van der Waals surface area contributed by atoms with Crippen LogP contribution in [0.15, 0.2) is 11.6 Å². The van der Waals surface area contributed by atoms with Crippen molar-refractivity contribution in [2.75, 3.05) is 0 Å². The Morgan fingerprint density at radius 3 is 2.59 bits per heavy atom. The van der Waals surface area contributed by atoms with Gasteiger partial charge in [-0.3, -0.25) is 0 Å². The molecular formula is C26H41NO2. The van der Waals surface area contributed by atoms with Crippen LogP contribution < -0.4 is 0 Å². The Hall–Kier alpha value is -0.850. The van der Waals surface area contributed by atoms with Gasteiger partial charge < -0.3 is 10.2 Å². The number of aliphatic hydroxyl groups excluding tert-OH is 2. The highest BCUT2D eigenvalue weighted by molar-refractivity contribution is 5.30. The van der Waals surface area contributed by atoms with Gasteiger partial charge in [0.05, 0.1) is 18.3 Å². The van der Waals surface area contributed by atoms with Crippen LogP contribution in [0.2, 0.25) is 0 Å². The van der Waals surface area contributed by atoms with Crippen LogP contribution in [-0.4, -0.2) is 22.4 Å². The van der Waals surface area contributed by atoms with Crippen LogP contribution in [0.3, 0.4) is 0 Å². The van der Waals surface area contributed by atoms with Gasteiger partial charge in [0.15, 0.2) is 0 Å². The predicted octanol–water partition coefficient (Wildman–Crippen LogP) is 5.47. The topological polar surface area (TPSA) is 64.2 Å². The smallest absolute Gasteiger partial charge is 0.0724 e. The van der Waals surface area contributed by atoms with Crippen LogP contribution in [0.5, 0.6) is 0 Å². The third kappa shape index (κ3) is 3.12. The molecule has 0 amide bonds. The fourth-order valence-electron chi connectivity index (χ4n) is 8.79. The van der Waals surface area contributed by atoms with E-state index in [2.05, 4.69) is 39.8 Å². The molecule has 0 radical (unpaired) electrons. The summed E-state index contributed by atoms with van der Waals surface area (Å²) < 4.78 is 0. The average Bonchev–Trinajstić information content (AvgIpc) is 3.03. The normalized spacial score (nSPS) is 50.0. The first kappa shape index (κ1) is 21.4. The molecule has 4 rings (SSSR count). The van der Waals surface area contributed by atoms with Crippen molar-refractivity contribution in [2.24, 2.45) is 46.3 Å². The molecule has 5 unspecified atom stereocenters. The minimum absolute atomic E-state index is 0.140. The molecule has 0 saturated heterocycles. The zero-order valence-corrected chi connectivity index (χ0v) is 18.9. The van der Waals surface area contributed by atoms with Crippen molar-refractivity contribution in [3.05, 3.63) is 11.6 Å². The Bertz CT molecular complexity index is 695. The maximum absolute atomic E-state index is 11.7. The Morgan fingerprint density at radius 2 is 1.90 bits per heavy atom. The molecule has 3 nitrogen and oxygen atoms in total. The van der Waals surface area contributed by atoms with Crippen LogP contribution >= 0.6 is 0 Å². The van der Waals surface area contributed by atoms with Gasteiger partial charge in [-0.1, -0.05) is 45.8 Å². The first-order valence-electron chi connectivity index (χ1n) is 12.2. The third-order valence-electron chi connectivity index (χ3n) is 10.1. The fraction of sp³-hybridized carbons (Fsp3) is 0.885. The van der Waals surface area contributed by atoms with Crippen molar-refractivity contribution in [2.45, 2.75) is 97.7 Å². The minimum atomic E-state index is -0.335. The van der Waals surface area contributed by atoms with Crippen molar-refractivity contribution in [3.8, 4) is 6.07 Å². The minimum Gasteiger partial charge on any atom is -0.392 e. The summed E-state index contributed by atoms with van der Waals surface area (Å²) in [6.45, 7) is 9.43. The molecule has 3 saturated carbocycles. The molecule has 10 atom stereocenters. The van der Waals surface area contributed by atoms with Gasteiger partial charge in [0, 0.05) is 12.3 Å². The molecule has 0 spiro atoms. The first-order valence-corrected chi connectivity index (χ1v) is 12.2. The Labute approximate surface area is 177 Å². The molecule has 0 aromatic rings. The van der Waals surface area contributed by atoms with Crippen molar-refractivity contribution < 1.29 is 10.2 Å². The molecule has 0 bridgehead atoms. The summed E-state index contributed by atoms with van der Waals surface area (Å²) in [6, 6.07) is 2.41. The summed E-state index contributed by atoms with van der Waals surface area (Å²) in [5, 5.41) is 31.4. The number of hydrogen-bond donors (Lipinski definition) is 2. The SMILES string of the molecule is CCC[C@H]1C2=CC(O)CC[C@]2(C)C2CC[C@@]3(C)C(CCC3[C@H](C)CC#N)C2[C@@H]1O. The lowest BCUT2D eigenvalue weighted by Gasteiger charge is -2.62. The summed E-state index contributed by atoms with van der Waals surface area (Å²) in [5.74, 6) is 2.76. The Balaban J connectivity index is 1.71. The molecule has 3 heteroatoms. The van der Waals surface area contributed by atoms with Crippen LogP contribution in [0.1, 0.15) is 85.5 Å². The van der Waals surface area contributed by atoms with Gasteiger partial charge in [-0.25, -0.2) is 0 Å². The predicted molar refractivity (Wildman–Crippen MR) is 116 cm³/mol. The summed E-state index contributed by atoms with van der Waals surface area (Å²) in [6.07, 6.45) is 11.0. The van der Waals surface area contributed by atoms with Gasteiger partial charge >= 0.3 is 0 Å². The lowest BCUT2D eigenvalue weighted by atomic mass is 9.43. The van der Waals surface area contributed by atoms with E-state index in [1.165, 1.54) is 31.3 Å². The van der Waals surface area contributed by atoms with Gasteiger partial charge in [-0.05, 0) is 85.4 Å². The molecule has 3 fully saturated rings. The van der Waals surface area contributed by atoms with E-state index in [0.717, 1.165) is 25.7 Å². The van der Waals surface area contributed by atoms with E-state index < -0.39 is 0 Å². The van der Waals surface area contributed by atoms with Crippen molar-refractivity contribution >= 4 is 0 Å². The summed E-state index contributed by atoms with van der Waals surface area (Å²) >= 11 is 0. The third-order valence-corrected chi connectivity index (χ3v) is 10.1. The van der Waals surface area contributed by atoms with Crippen molar-refractivity contribution in [1.29, 1.82) is 5.26 Å². The van der Waals surface area contributed by atoms with E-state index >= 15 is 0 Å². The quantitative estimate of drug-likeness (QED) is 0.616. The van der Waals surface area contributed by atoms with Gasteiger partial charge in [-0.15, -0.1) is 0 Å². The molecular weight excluding hydrogens is 358 g/mol. The monoisotopic (exact) mass is 399 g/mol. The number of hydrogen-bond acceptors (Lipinski definition) is 3. The zero-order chi connectivity index (χ0) is 21.0. The number of nitriles is 1. The average molecular weight is 400 g/mol. The first-order chi connectivity index (χ1) is 13.8. The molecule has 29 heavy (non-hydrogen) atoms. The number of fused-ring (bicyclic) bond motifs is 5. The van der Waals surface area contributed by atoms with Crippen LogP contribution in [0, 0.1) is 57.7 Å². The highest BCUT2D eigenvalue weighted by atomic mass is 16.3. The Kier molecular flexibility index (Phi) is 5.67. The standard InChI is InChI=1S/C26H41NO2/c1-5-6-18-22-15-17(28)9-12-26(22,4)21-10-13-25(3)19(16(2)11-14-27)7-8-20(25)23(21)24(18)29/h15-21,23-24,28-29H,5-13H2,1-4H3/t16-,17?,18+,19?,20?,21?,23?,24-,25-,26-/m1/s1. The van der Waals surface area contributed by atoms with Crippen molar-refractivity contribution in [1.82, 2.24) is 0 Å². The molecule has 4 aliphatic carbocycles. The lowest BCUT2D eigenvalue weighted by Crippen LogP contribution is -2.58. The Morgan fingerprint density at radius 1 is 1.14 bits per heavy atom. The molecule has 4 aliphatic rings. The second-order valence-electron chi connectivity index (χ2n) is 11.4. The molecule has 162 valence electrons. The highest BCUT2D eigenvalue weighted by Crippen LogP contribution is 2.68. The fourth-order valence-corrected chi connectivity index (χ4v) is 8.79. The largest absolute Gasteiger partial charge is 0.392 e. The van der Waals surface area contributed by atoms with E-state index in [1.807, 2.05) is 0 Å². The summed E-state index contributed by atoms with van der Waals surface area (Å²) in [5.41, 5.74) is 1.78. The van der Waals surface area contributed by atoms with Crippen LogP contribution in [-0.2, 0) is 0 Å². The zero-order valence-electron chi connectivity index (χ0n) is 18.9. The van der Waals surface area contributed by atoms with E-state index in [4.69, 9.17) is 0 Å². The maximum atomic E-state index is 11.7. The lowest BCUT2D eigenvalue weighted by molar-refractivity contribution is -0.134. The second kappa shape index (κ2) is 7.69. The number of aliphatic hydroxyl groups is 2. The van der Waals surface area contributed by atoms with E-state index in [9.17, 15) is 15.5 Å². The van der Waals surface area contributed by atoms with Gasteiger partial charge in [-0.2, -0.15) is 5.26 Å². The van der Waals surface area contributed by atoms with E-state index in [1.54, 1.807) is 0 Å². The highest BCUT2D eigenvalue weighted by Gasteiger charge is 2.63.